The predicted molar refractivity (Wildman–Crippen MR) is 142 cm³/mol. The summed E-state index contributed by atoms with van der Waals surface area (Å²) in [6.45, 7) is 2.81. The summed E-state index contributed by atoms with van der Waals surface area (Å²) in [7, 11) is 0. The van der Waals surface area contributed by atoms with Gasteiger partial charge in [0.2, 0.25) is 0 Å². The number of aryl methyl sites for hydroxylation is 1. The molecule has 0 bridgehead atoms. The Labute approximate surface area is 216 Å². The van der Waals surface area contributed by atoms with E-state index in [1.54, 1.807) is 39.7 Å². The molecule has 4 aromatic rings. The van der Waals surface area contributed by atoms with Crippen LogP contribution in [-0.4, -0.2) is 54.8 Å². The van der Waals surface area contributed by atoms with Crippen LogP contribution >= 0.6 is 34.7 Å². The third-order valence-corrected chi connectivity index (χ3v) is 8.12. The number of pyridine rings is 1. The fraction of sp³-hybridized carbons (Fsp3) is 0.280. The van der Waals surface area contributed by atoms with Crippen LogP contribution in [0.5, 0.6) is 0 Å². The highest BCUT2D eigenvalue weighted by atomic mass is 35.5. The van der Waals surface area contributed by atoms with Crippen LogP contribution in [-0.2, 0) is 13.0 Å². The van der Waals surface area contributed by atoms with E-state index in [1.165, 1.54) is 11.3 Å². The van der Waals surface area contributed by atoms with E-state index in [2.05, 4.69) is 21.3 Å². The molecule has 1 aliphatic heterocycles. The normalized spacial score (nSPS) is 14.3. The van der Waals surface area contributed by atoms with Crippen molar-refractivity contribution in [2.75, 3.05) is 24.6 Å². The number of halogens is 1. The van der Waals surface area contributed by atoms with Crippen molar-refractivity contribution in [1.82, 2.24) is 24.5 Å². The van der Waals surface area contributed by atoms with E-state index in [4.69, 9.17) is 11.6 Å². The second-order valence-electron chi connectivity index (χ2n) is 8.29. The zero-order valence-electron chi connectivity index (χ0n) is 19.0. The SMILES string of the molecule is O=C(CCc1cn(-c2ccc(-n3ccccc3=O)cc2CN2CCSCC2)nn1)c1ccc(Cl)s1. The molecule has 0 N–H and O–H groups in total. The van der Waals surface area contributed by atoms with Gasteiger partial charge in [-0.2, -0.15) is 11.8 Å². The van der Waals surface area contributed by atoms with Gasteiger partial charge >= 0.3 is 0 Å². The van der Waals surface area contributed by atoms with Gasteiger partial charge in [0.25, 0.3) is 5.56 Å². The number of nitrogens with zero attached hydrogens (tertiary/aromatic N) is 5. The molecule has 0 aliphatic carbocycles. The van der Waals surface area contributed by atoms with Gasteiger partial charge in [0.1, 0.15) is 0 Å². The summed E-state index contributed by atoms with van der Waals surface area (Å²) in [6.07, 6.45) is 4.52. The molecule has 7 nitrogen and oxygen atoms in total. The Hall–Kier alpha value is -2.72. The lowest BCUT2D eigenvalue weighted by molar-refractivity contribution is 0.0986. The summed E-state index contributed by atoms with van der Waals surface area (Å²) >= 11 is 9.22. The highest BCUT2D eigenvalue weighted by molar-refractivity contribution is 7.99. The van der Waals surface area contributed by atoms with Gasteiger partial charge in [0, 0.05) is 61.9 Å². The summed E-state index contributed by atoms with van der Waals surface area (Å²) in [5.74, 6) is 2.28. The highest BCUT2D eigenvalue weighted by Crippen LogP contribution is 2.24. The molecule has 3 aromatic heterocycles. The number of thioether (sulfide) groups is 1. The Kier molecular flexibility index (Phi) is 7.48. The number of ketones is 1. The molecule has 35 heavy (non-hydrogen) atoms. The number of rotatable bonds is 8. The van der Waals surface area contributed by atoms with Crippen LogP contribution in [0.2, 0.25) is 4.34 Å². The van der Waals surface area contributed by atoms with Gasteiger partial charge in [-0.25, -0.2) is 4.68 Å². The van der Waals surface area contributed by atoms with E-state index in [0.717, 1.165) is 53.8 Å². The molecule has 1 saturated heterocycles. The second-order valence-corrected chi connectivity index (χ2v) is 11.2. The van der Waals surface area contributed by atoms with Crippen LogP contribution in [0.1, 0.15) is 27.3 Å². The van der Waals surface area contributed by atoms with Gasteiger partial charge in [-0.05, 0) is 42.0 Å². The molecule has 0 amide bonds. The number of hydrogen-bond donors (Lipinski definition) is 0. The van der Waals surface area contributed by atoms with Crippen LogP contribution in [0.4, 0.5) is 0 Å². The van der Waals surface area contributed by atoms with E-state index < -0.39 is 0 Å². The predicted octanol–water partition coefficient (Wildman–Crippen LogP) is 4.50. The molecule has 0 radical (unpaired) electrons. The molecule has 0 unspecified atom stereocenters. The Morgan fingerprint density at radius 2 is 1.94 bits per heavy atom. The van der Waals surface area contributed by atoms with E-state index in [-0.39, 0.29) is 11.3 Å². The zero-order valence-corrected chi connectivity index (χ0v) is 21.4. The number of aromatic nitrogens is 4. The first-order valence-electron chi connectivity index (χ1n) is 11.4. The van der Waals surface area contributed by atoms with Crippen LogP contribution in [0.25, 0.3) is 11.4 Å². The number of hydrogen-bond acceptors (Lipinski definition) is 7. The number of Topliss-reactive ketones (excluding diaryl/α,β-unsaturated/α-hetero) is 1. The van der Waals surface area contributed by atoms with E-state index >= 15 is 0 Å². The van der Waals surface area contributed by atoms with Crippen LogP contribution < -0.4 is 5.56 Å². The Balaban J connectivity index is 1.40. The van der Waals surface area contributed by atoms with Crippen LogP contribution in [0.15, 0.2) is 65.7 Å². The Morgan fingerprint density at radius 3 is 2.71 bits per heavy atom. The average molecular weight is 526 g/mol. The van der Waals surface area contributed by atoms with Gasteiger partial charge < -0.3 is 0 Å². The molecule has 0 spiro atoms. The standard InChI is InChI=1S/C25H24ClN5O2S2/c26-24-9-8-23(35-24)22(32)7-4-19-17-31(28-27-19)21-6-5-20(30-10-2-1-3-25(30)33)15-18(21)16-29-11-13-34-14-12-29/h1-3,5-6,8-10,15,17H,4,7,11-14,16H2. The van der Waals surface area contributed by atoms with Gasteiger partial charge in [0.15, 0.2) is 5.78 Å². The molecule has 4 heterocycles. The molecule has 180 valence electrons. The lowest BCUT2D eigenvalue weighted by Gasteiger charge is -2.27. The van der Waals surface area contributed by atoms with Crippen molar-refractivity contribution >= 4 is 40.5 Å². The maximum Gasteiger partial charge on any atom is 0.255 e. The van der Waals surface area contributed by atoms with Crippen molar-refractivity contribution in [3.8, 4) is 11.4 Å². The summed E-state index contributed by atoms with van der Waals surface area (Å²) in [5.41, 5.74) is 3.50. The monoisotopic (exact) mass is 525 g/mol. The molecule has 1 aliphatic rings. The van der Waals surface area contributed by atoms with Gasteiger partial charge in [-0.1, -0.05) is 22.9 Å². The minimum Gasteiger partial charge on any atom is -0.297 e. The first-order valence-corrected chi connectivity index (χ1v) is 13.7. The van der Waals surface area contributed by atoms with E-state index in [0.29, 0.717) is 22.1 Å². The maximum absolute atomic E-state index is 12.4. The molecule has 1 aromatic carbocycles. The second kappa shape index (κ2) is 10.9. The first-order chi connectivity index (χ1) is 17.1. The molecule has 1 fully saturated rings. The Morgan fingerprint density at radius 1 is 1.09 bits per heavy atom. The van der Waals surface area contributed by atoms with Crippen molar-refractivity contribution in [3.63, 3.8) is 0 Å². The number of carbonyl (C=O) groups excluding carboxylic acids is 1. The van der Waals surface area contributed by atoms with E-state index in [9.17, 15) is 9.59 Å². The van der Waals surface area contributed by atoms with Gasteiger partial charge in [-0.3, -0.25) is 19.1 Å². The highest BCUT2D eigenvalue weighted by Gasteiger charge is 2.17. The van der Waals surface area contributed by atoms with E-state index in [1.807, 2.05) is 36.2 Å². The average Bonchev–Trinajstić information content (AvgIpc) is 3.53. The van der Waals surface area contributed by atoms with Gasteiger partial charge in [-0.15, -0.1) is 16.4 Å². The number of benzene rings is 1. The molecular weight excluding hydrogens is 502 g/mol. The molecule has 10 heteroatoms. The summed E-state index contributed by atoms with van der Waals surface area (Å²) in [6, 6.07) is 14.6. The lowest BCUT2D eigenvalue weighted by atomic mass is 10.1. The topological polar surface area (TPSA) is 73.0 Å². The van der Waals surface area contributed by atoms with Crippen molar-refractivity contribution in [2.24, 2.45) is 0 Å². The molecule has 0 saturated carbocycles. The van der Waals surface area contributed by atoms with Gasteiger partial charge in [0.05, 0.1) is 26.8 Å². The first kappa shape index (κ1) is 24.0. The summed E-state index contributed by atoms with van der Waals surface area (Å²) in [5, 5.41) is 8.67. The lowest BCUT2D eigenvalue weighted by Crippen LogP contribution is -2.32. The number of thiophene rings is 1. The largest absolute Gasteiger partial charge is 0.297 e. The summed E-state index contributed by atoms with van der Waals surface area (Å²) in [4.78, 5) is 27.9. The van der Waals surface area contributed by atoms with Crippen molar-refractivity contribution in [1.29, 1.82) is 0 Å². The van der Waals surface area contributed by atoms with Crippen molar-refractivity contribution in [2.45, 2.75) is 19.4 Å². The van der Waals surface area contributed by atoms with Crippen LogP contribution in [0, 0.1) is 0 Å². The molecule has 0 atom stereocenters. The fourth-order valence-corrected chi connectivity index (χ4v) is 6.06. The fourth-order valence-electron chi connectivity index (χ4n) is 4.07. The smallest absolute Gasteiger partial charge is 0.255 e. The van der Waals surface area contributed by atoms with Crippen LogP contribution in [0.3, 0.4) is 0 Å². The minimum absolute atomic E-state index is 0.0535. The third kappa shape index (κ3) is 5.75. The van der Waals surface area contributed by atoms with Crippen molar-refractivity contribution in [3.05, 3.63) is 91.7 Å². The zero-order chi connectivity index (χ0) is 24.2. The summed E-state index contributed by atoms with van der Waals surface area (Å²) < 4.78 is 4.03. The molecular formula is C25H24ClN5O2S2. The minimum atomic E-state index is -0.0692. The quantitative estimate of drug-likeness (QED) is 0.315. The third-order valence-electron chi connectivity index (χ3n) is 5.91. The van der Waals surface area contributed by atoms with Crippen molar-refractivity contribution < 1.29 is 4.79 Å². The number of carbonyl (C=O) groups is 1. The Bertz CT molecular complexity index is 1390. The molecule has 5 rings (SSSR count). The maximum atomic E-state index is 12.4.